The molecule has 0 atom stereocenters. The molecule has 0 spiro atoms. The van der Waals surface area contributed by atoms with E-state index in [1.807, 2.05) is 36.4 Å². The van der Waals surface area contributed by atoms with E-state index in [9.17, 15) is 9.59 Å². The van der Waals surface area contributed by atoms with Crippen molar-refractivity contribution < 1.29 is 14.3 Å². The van der Waals surface area contributed by atoms with Crippen LogP contribution < -0.4 is 15.4 Å². The molecule has 3 aromatic carbocycles. The van der Waals surface area contributed by atoms with E-state index in [1.165, 1.54) is 4.90 Å². The molecule has 1 saturated heterocycles. The first kappa shape index (κ1) is 22.1. The third-order valence-corrected chi connectivity index (χ3v) is 6.27. The molecule has 0 saturated carbocycles. The number of hydrogen-bond donors (Lipinski definition) is 1. The van der Waals surface area contributed by atoms with Gasteiger partial charge in [-0.2, -0.15) is 0 Å². The molecule has 4 rings (SSSR count). The van der Waals surface area contributed by atoms with E-state index < -0.39 is 5.91 Å². The molecule has 0 aliphatic carbocycles. The first-order valence-corrected chi connectivity index (χ1v) is 11.2. The van der Waals surface area contributed by atoms with Gasteiger partial charge in [-0.1, -0.05) is 78.0 Å². The molecule has 0 radical (unpaired) electrons. The van der Waals surface area contributed by atoms with Crippen LogP contribution in [0.2, 0.25) is 5.02 Å². The summed E-state index contributed by atoms with van der Waals surface area (Å²) in [6.07, 6.45) is 1.74. The van der Waals surface area contributed by atoms with E-state index in [1.54, 1.807) is 42.5 Å². The third kappa shape index (κ3) is 4.70. The van der Waals surface area contributed by atoms with Gasteiger partial charge in [0.2, 0.25) is 0 Å². The number of primary amides is 1. The molecule has 2 N–H and O–H groups in total. The normalized spacial score (nSPS) is 14.8. The number of anilines is 1. The number of nitrogens with zero attached hydrogens (tertiary/aromatic N) is 1. The largest absolute Gasteiger partial charge is 0.488 e. The van der Waals surface area contributed by atoms with E-state index in [0.717, 1.165) is 22.9 Å². The number of carbonyl (C=O) groups excluding carboxylic acids is 2. The maximum atomic E-state index is 13.2. The molecule has 1 fully saturated rings. The molecule has 5 nitrogen and oxygen atoms in total. The predicted molar refractivity (Wildman–Crippen MR) is 133 cm³/mol. The van der Waals surface area contributed by atoms with E-state index >= 15 is 0 Å². The summed E-state index contributed by atoms with van der Waals surface area (Å²) < 4.78 is 6.31. The van der Waals surface area contributed by atoms with E-state index in [0.29, 0.717) is 32.3 Å². The average molecular weight is 481 g/mol. The molecular formula is C24H17ClN2O3S2. The van der Waals surface area contributed by atoms with Gasteiger partial charge in [0.15, 0.2) is 4.32 Å². The Bertz CT molecular complexity index is 1240. The number of benzene rings is 3. The number of thiocarbonyl (C=S) groups is 1. The van der Waals surface area contributed by atoms with E-state index in [2.05, 4.69) is 0 Å². The lowest BCUT2D eigenvalue weighted by atomic mass is 10.1. The Labute approximate surface area is 199 Å². The summed E-state index contributed by atoms with van der Waals surface area (Å²) >= 11 is 12.5. The molecule has 0 aromatic heterocycles. The molecule has 32 heavy (non-hydrogen) atoms. The smallest absolute Gasteiger partial charge is 0.270 e. The second kappa shape index (κ2) is 9.56. The number of halogens is 1. The quantitative estimate of drug-likeness (QED) is 0.376. The van der Waals surface area contributed by atoms with Gasteiger partial charge in [0.05, 0.1) is 16.2 Å². The number of amides is 2. The Morgan fingerprint density at radius 3 is 2.50 bits per heavy atom. The minimum atomic E-state index is -0.625. The fraction of sp³-hybridized carbons (Fsp3) is 0.0417. The predicted octanol–water partition coefficient (Wildman–Crippen LogP) is 5.42. The van der Waals surface area contributed by atoms with Crippen molar-refractivity contribution in [3.05, 3.63) is 99.4 Å². The second-order valence-corrected chi connectivity index (χ2v) is 8.96. The maximum absolute atomic E-state index is 13.2. The molecule has 3 aromatic rings. The summed E-state index contributed by atoms with van der Waals surface area (Å²) in [6.45, 7) is 0.356. The average Bonchev–Trinajstić information content (AvgIpc) is 3.06. The van der Waals surface area contributed by atoms with Crippen LogP contribution in [-0.2, 0) is 11.4 Å². The number of nitrogens with two attached hydrogens (primary N) is 1. The number of para-hydroxylation sites is 2. The Morgan fingerprint density at radius 1 is 1.06 bits per heavy atom. The molecule has 0 bridgehead atoms. The summed E-state index contributed by atoms with van der Waals surface area (Å²) in [4.78, 5) is 26.7. The van der Waals surface area contributed by atoms with Crippen LogP contribution in [0.5, 0.6) is 5.75 Å². The van der Waals surface area contributed by atoms with Crippen LogP contribution >= 0.6 is 35.6 Å². The molecule has 8 heteroatoms. The highest BCUT2D eigenvalue weighted by molar-refractivity contribution is 8.27. The fourth-order valence-electron chi connectivity index (χ4n) is 3.17. The first-order chi connectivity index (χ1) is 15.4. The van der Waals surface area contributed by atoms with Crippen LogP contribution in [0, 0.1) is 0 Å². The van der Waals surface area contributed by atoms with Crippen LogP contribution in [0.4, 0.5) is 5.69 Å². The monoisotopic (exact) mass is 480 g/mol. The second-order valence-electron chi connectivity index (χ2n) is 6.85. The molecule has 1 aliphatic rings. The third-order valence-electron chi connectivity index (χ3n) is 4.72. The van der Waals surface area contributed by atoms with Crippen molar-refractivity contribution in [2.45, 2.75) is 6.61 Å². The van der Waals surface area contributed by atoms with Gasteiger partial charge in [-0.3, -0.25) is 14.5 Å². The van der Waals surface area contributed by atoms with Gasteiger partial charge in [-0.25, -0.2) is 0 Å². The topological polar surface area (TPSA) is 72.6 Å². The highest BCUT2D eigenvalue weighted by Crippen LogP contribution is 2.38. The zero-order valence-electron chi connectivity index (χ0n) is 16.7. The first-order valence-electron chi connectivity index (χ1n) is 9.57. The molecule has 0 unspecified atom stereocenters. The van der Waals surface area contributed by atoms with Gasteiger partial charge >= 0.3 is 0 Å². The summed E-state index contributed by atoms with van der Waals surface area (Å²) in [5, 5.41) is 0.661. The van der Waals surface area contributed by atoms with Gasteiger partial charge in [0.1, 0.15) is 12.4 Å². The van der Waals surface area contributed by atoms with Crippen LogP contribution in [0.25, 0.3) is 6.08 Å². The standard InChI is InChI=1S/C24H17ClN2O3S2/c25-17-11-9-15(10-12-17)14-30-20-8-4-1-5-16(20)13-21-23(29)27(24(31)32-21)19-7-3-2-6-18(19)22(26)28/h1-13H,14H2,(H2,26,28)/b21-13-. The van der Waals surface area contributed by atoms with Crippen molar-refractivity contribution in [2.24, 2.45) is 5.73 Å². The lowest BCUT2D eigenvalue weighted by Crippen LogP contribution is -2.30. The zero-order chi connectivity index (χ0) is 22.7. The number of thioether (sulfide) groups is 1. The van der Waals surface area contributed by atoms with E-state index in [-0.39, 0.29) is 11.5 Å². The zero-order valence-corrected chi connectivity index (χ0v) is 19.0. The van der Waals surface area contributed by atoms with Crippen molar-refractivity contribution >= 4 is 63.5 Å². The summed E-state index contributed by atoms with van der Waals surface area (Å²) in [5.74, 6) is -0.314. The fourth-order valence-corrected chi connectivity index (χ4v) is 4.57. The lowest BCUT2D eigenvalue weighted by Gasteiger charge is -2.17. The molecular weight excluding hydrogens is 464 g/mol. The highest BCUT2D eigenvalue weighted by Gasteiger charge is 2.35. The van der Waals surface area contributed by atoms with Crippen LogP contribution in [0.3, 0.4) is 0 Å². The maximum Gasteiger partial charge on any atom is 0.270 e. The SMILES string of the molecule is NC(=O)c1ccccc1N1C(=O)/C(=C/c2ccccc2OCc2ccc(Cl)cc2)SC1=S. The molecule has 160 valence electrons. The van der Waals surface area contributed by atoms with Gasteiger partial charge in [-0.05, 0) is 42.0 Å². The molecule has 2 amide bonds. The lowest BCUT2D eigenvalue weighted by molar-refractivity contribution is -0.113. The molecule has 1 aliphatic heterocycles. The van der Waals surface area contributed by atoms with Crippen molar-refractivity contribution in [1.29, 1.82) is 0 Å². The number of ether oxygens (including phenoxy) is 1. The molecule has 1 heterocycles. The van der Waals surface area contributed by atoms with Crippen LogP contribution in [0.1, 0.15) is 21.5 Å². The summed E-state index contributed by atoms with van der Waals surface area (Å²) in [7, 11) is 0. The number of carbonyl (C=O) groups is 2. The van der Waals surface area contributed by atoms with E-state index in [4.69, 9.17) is 34.3 Å². The van der Waals surface area contributed by atoms with Crippen molar-refractivity contribution in [3.63, 3.8) is 0 Å². The van der Waals surface area contributed by atoms with Crippen LogP contribution in [0.15, 0.2) is 77.7 Å². The highest BCUT2D eigenvalue weighted by atomic mass is 35.5. The Morgan fingerprint density at radius 2 is 1.75 bits per heavy atom. The summed E-state index contributed by atoms with van der Waals surface area (Å²) in [6, 6.07) is 21.5. The minimum Gasteiger partial charge on any atom is -0.488 e. The number of hydrogen-bond acceptors (Lipinski definition) is 5. The van der Waals surface area contributed by atoms with Crippen molar-refractivity contribution in [3.8, 4) is 5.75 Å². The van der Waals surface area contributed by atoms with Gasteiger partial charge in [0, 0.05) is 10.6 Å². The Balaban J connectivity index is 1.60. The van der Waals surface area contributed by atoms with Crippen LogP contribution in [-0.4, -0.2) is 16.1 Å². The minimum absolute atomic E-state index is 0.233. The summed E-state index contributed by atoms with van der Waals surface area (Å²) in [5.41, 5.74) is 7.79. The Kier molecular flexibility index (Phi) is 6.60. The Hall–Kier alpha value is -3.13. The van der Waals surface area contributed by atoms with Gasteiger partial charge in [0.25, 0.3) is 11.8 Å². The van der Waals surface area contributed by atoms with Gasteiger partial charge in [-0.15, -0.1) is 0 Å². The van der Waals surface area contributed by atoms with Crippen molar-refractivity contribution in [1.82, 2.24) is 0 Å². The van der Waals surface area contributed by atoms with Crippen molar-refractivity contribution in [2.75, 3.05) is 4.90 Å². The number of rotatable bonds is 6. The van der Waals surface area contributed by atoms with Gasteiger partial charge < -0.3 is 10.5 Å².